The van der Waals surface area contributed by atoms with Gasteiger partial charge in [-0.25, -0.2) is 14.8 Å². The Morgan fingerprint density at radius 3 is 2.67 bits per heavy atom. The van der Waals surface area contributed by atoms with Crippen LogP contribution in [0.5, 0.6) is 0 Å². The number of nitrogens with zero attached hydrogens (tertiary/aromatic N) is 2. The Hall–Kier alpha value is -1.30. The van der Waals surface area contributed by atoms with Crippen molar-refractivity contribution in [2.45, 2.75) is 43.6 Å². The molecule has 1 aliphatic rings. The first-order valence-electron chi connectivity index (χ1n) is 6.06. The lowest BCUT2D eigenvalue weighted by molar-refractivity contribution is 0.0696. The molecule has 2 rings (SSSR count). The van der Waals surface area contributed by atoms with Crippen molar-refractivity contribution in [2.75, 3.05) is 5.73 Å². The third kappa shape index (κ3) is 2.93. The van der Waals surface area contributed by atoms with Crippen LogP contribution in [0.2, 0.25) is 0 Å². The SMILES string of the molecule is Cc1nc(CSC2CCCC2)nc(N)c1C(=O)O. The normalized spacial score (nSPS) is 16.1. The summed E-state index contributed by atoms with van der Waals surface area (Å²) in [5.74, 6) is 0.333. The van der Waals surface area contributed by atoms with Crippen molar-refractivity contribution in [2.24, 2.45) is 0 Å². The Morgan fingerprint density at radius 1 is 1.44 bits per heavy atom. The zero-order chi connectivity index (χ0) is 13.1. The fourth-order valence-electron chi connectivity index (χ4n) is 2.23. The van der Waals surface area contributed by atoms with Crippen LogP contribution in [0.3, 0.4) is 0 Å². The van der Waals surface area contributed by atoms with Gasteiger partial charge in [-0.3, -0.25) is 0 Å². The molecule has 1 heterocycles. The van der Waals surface area contributed by atoms with Gasteiger partial charge in [-0.15, -0.1) is 0 Å². The zero-order valence-electron chi connectivity index (χ0n) is 10.3. The Morgan fingerprint density at radius 2 is 2.11 bits per heavy atom. The van der Waals surface area contributed by atoms with E-state index in [1.54, 1.807) is 6.92 Å². The summed E-state index contributed by atoms with van der Waals surface area (Å²) in [6, 6.07) is 0. The van der Waals surface area contributed by atoms with E-state index >= 15 is 0 Å². The highest BCUT2D eigenvalue weighted by Gasteiger charge is 2.18. The highest BCUT2D eigenvalue weighted by atomic mass is 32.2. The van der Waals surface area contributed by atoms with Gasteiger partial charge in [0.25, 0.3) is 0 Å². The lowest BCUT2D eigenvalue weighted by atomic mass is 10.2. The Balaban J connectivity index is 2.07. The van der Waals surface area contributed by atoms with E-state index in [0.717, 1.165) is 0 Å². The van der Waals surface area contributed by atoms with Crippen molar-refractivity contribution < 1.29 is 9.90 Å². The van der Waals surface area contributed by atoms with Gasteiger partial charge in [-0.05, 0) is 19.8 Å². The average Bonchev–Trinajstić information content (AvgIpc) is 2.77. The van der Waals surface area contributed by atoms with Crippen molar-refractivity contribution in [1.82, 2.24) is 9.97 Å². The van der Waals surface area contributed by atoms with E-state index < -0.39 is 5.97 Å². The second-order valence-electron chi connectivity index (χ2n) is 4.51. The summed E-state index contributed by atoms with van der Waals surface area (Å²) in [7, 11) is 0. The smallest absolute Gasteiger partial charge is 0.341 e. The molecule has 0 saturated heterocycles. The summed E-state index contributed by atoms with van der Waals surface area (Å²) in [6.45, 7) is 1.66. The molecule has 0 radical (unpaired) electrons. The number of carboxylic acids is 1. The Bertz CT molecular complexity index is 436. The van der Waals surface area contributed by atoms with E-state index in [4.69, 9.17) is 10.8 Å². The van der Waals surface area contributed by atoms with E-state index in [2.05, 4.69) is 9.97 Å². The molecule has 0 aromatic carbocycles. The topological polar surface area (TPSA) is 89.1 Å². The molecule has 18 heavy (non-hydrogen) atoms. The summed E-state index contributed by atoms with van der Waals surface area (Å²) in [5, 5.41) is 9.66. The van der Waals surface area contributed by atoms with Crippen LogP contribution in [0, 0.1) is 6.92 Å². The minimum absolute atomic E-state index is 0.0182. The average molecular weight is 267 g/mol. The molecule has 1 saturated carbocycles. The summed E-state index contributed by atoms with van der Waals surface area (Å²) in [4.78, 5) is 19.3. The van der Waals surface area contributed by atoms with Crippen LogP contribution in [0.1, 0.15) is 47.6 Å². The molecular weight excluding hydrogens is 250 g/mol. The number of rotatable bonds is 4. The molecular formula is C12H17N3O2S. The quantitative estimate of drug-likeness (QED) is 0.869. The number of aromatic nitrogens is 2. The molecule has 98 valence electrons. The first-order valence-corrected chi connectivity index (χ1v) is 7.10. The first kappa shape index (κ1) is 13.1. The third-order valence-electron chi connectivity index (χ3n) is 3.13. The van der Waals surface area contributed by atoms with E-state index in [1.807, 2.05) is 11.8 Å². The highest BCUT2D eigenvalue weighted by molar-refractivity contribution is 7.99. The lowest BCUT2D eigenvalue weighted by Crippen LogP contribution is -2.11. The number of aryl methyl sites for hydroxylation is 1. The predicted molar refractivity (Wildman–Crippen MR) is 71.7 cm³/mol. The maximum absolute atomic E-state index is 11.0. The lowest BCUT2D eigenvalue weighted by Gasteiger charge is -2.10. The highest BCUT2D eigenvalue weighted by Crippen LogP contribution is 2.31. The number of carbonyl (C=O) groups is 1. The van der Waals surface area contributed by atoms with E-state index in [-0.39, 0.29) is 11.4 Å². The Kier molecular flexibility index (Phi) is 4.06. The van der Waals surface area contributed by atoms with Crippen LogP contribution in [-0.2, 0) is 5.75 Å². The molecule has 0 aliphatic heterocycles. The third-order valence-corrected chi connectivity index (χ3v) is 4.50. The van der Waals surface area contributed by atoms with Crippen molar-refractivity contribution in [3.05, 3.63) is 17.1 Å². The molecule has 1 aliphatic carbocycles. The number of thioether (sulfide) groups is 1. The fourth-order valence-corrected chi connectivity index (χ4v) is 3.41. The molecule has 0 bridgehead atoms. The second kappa shape index (κ2) is 5.56. The first-order chi connectivity index (χ1) is 8.58. The second-order valence-corrected chi connectivity index (χ2v) is 5.80. The molecule has 1 fully saturated rings. The Labute approximate surface area is 110 Å². The number of nitrogen functional groups attached to an aromatic ring is 1. The van der Waals surface area contributed by atoms with Gasteiger partial charge in [0.05, 0.1) is 11.4 Å². The molecule has 5 nitrogen and oxygen atoms in total. The van der Waals surface area contributed by atoms with Crippen LogP contribution >= 0.6 is 11.8 Å². The number of hydrogen-bond acceptors (Lipinski definition) is 5. The van der Waals surface area contributed by atoms with Crippen molar-refractivity contribution in [3.8, 4) is 0 Å². The van der Waals surface area contributed by atoms with E-state index in [0.29, 0.717) is 22.5 Å². The van der Waals surface area contributed by atoms with Crippen molar-refractivity contribution in [3.63, 3.8) is 0 Å². The van der Waals surface area contributed by atoms with E-state index in [1.165, 1.54) is 25.7 Å². The summed E-state index contributed by atoms with van der Waals surface area (Å²) < 4.78 is 0. The standard InChI is InChI=1S/C12H17N3O2S/c1-7-10(12(16)17)11(13)15-9(14-7)6-18-8-4-2-3-5-8/h8H,2-6H2,1H3,(H,16,17)(H2,13,14,15). The van der Waals surface area contributed by atoms with Gasteiger partial charge in [0.1, 0.15) is 17.2 Å². The molecule has 1 aromatic rings. The molecule has 0 spiro atoms. The molecule has 0 amide bonds. The van der Waals surface area contributed by atoms with Gasteiger partial charge < -0.3 is 10.8 Å². The minimum Gasteiger partial charge on any atom is -0.477 e. The molecule has 6 heteroatoms. The molecule has 3 N–H and O–H groups in total. The maximum atomic E-state index is 11.0. The van der Waals surface area contributed by atoms with Crippen molar-refractivity contribution in [1.29, 1.82) is 0 Å². The van der Waals surface area contributed by atoms with E-state index in [9.17, 15) is 4.79 Å². The van der Waals surface area contributed by atoms with Crippen LogP contribution in [0.15, 0.2) is 0 Å². The van der Waals surface area contributed by atoms with Crippen LogP contribution in [0.4, 0.5) is 5.82 Å². The summed E-state index contributed by atoms with van der Waals surface area (Å²) in [5.41, 5.74) is 6.13. The molecule has 0 unspecified atom stereocenters. The van der Waals surface area contributed by atoms with Gasteiger partial charge in [-0.1, -0.05) is 12.8 Å². The fraction of sp³-hybridized carbons (Fsp3) is 0.583. The van der Waals surface area contributed by atoms with Gasteiger partial charge >= 0.3 is 5.97 Å². The number of nitrogens with two attached hydrogens (primary N) is 1. The monoisotopic (exact) mass is 267 g/mol. The zero-order valence-corrected chi connectivity index (χ0v) is 11.2. The number of anilines is 1. The van der Waals surface area contributed by atoms with Crippen LogP contribution < -0.4 is 5.73 Å². The maximum Gasteiger partial charge on any atom is 0.341 e. The van der Waals surface area contributed by atoms with Crippen LogP contribution in [0.25, 0.3) is 0 Å². The minimum atomic E-state index is -1.07. The van der Waals surface area contributed by atoms with Gasteiger partial charge in [0.15, 0.2) is 0 Å². The number of aromatic carboxylic acids is 1. The summed E-state index contributed by atoms with van der Waals surface area (Å²) >= 11 is 1.84. The van der Waals surface area contributed by atoms with Gasteiger partial charge in [-0.2, -0.15) is 11.8 Å². The molecule has 0 atom stereocenters. The van der Waals surface area contributed by atoms with Crippen molar-refractivity contribution >= 4 is 23.5 Å². The number of carboxylic acid groups (broad SMARTS) is 1. The van der Waals surface area contributed by atoms with Gasteiger partial charge in [0, 0.05) is 5.25 Å². The summed E-state index contributed by atoms with van der Waals surface area (Å²) in [6.07, 6.45) is 5.12. The number of hydrogen-bond donors (Lipinski definition) is 2. The predicted octanol–water partition coefficient (Wildman–Crippen LogP) is 2.24. The van der Waals surface area contributed by atoms with Crippen LogP contribution in [-0.4, -0.2) is 26.3 Å². The molecule has 1 aromatic heterocycles. The van der Waals surface area contributed by atoms with Gasteiger partial charge in [0.2, 0.25) is 0 Å². The largest absolute Gasteiger partial charge is 0.477 e.